The van der Waals surface area contributed by atoms with Gasteiger partial charge in [-0.05, 0) is 6.07 Å². The van der Waals surface area contributed by atoms with Crippen molar-refractivity contribution in [1.29, 1.82) is 0 Å². The van der Waals surface area contributed by atoms with Crippen molar-refractivity contribution in [1.82, 2.24) is 10.6 Å². The molecule has 1 heterocycles. The highest BCUT2D eigenvalue weighted by molar-refractivity contribution is 7.21. The van der Waals surface area contributed by atoms with E-state index in [-0.39, 0.29) is 11.4 Å². The number of amides is 2. The van der Waals surface area contributed by atoms with E-state index in [0.717, 1.165) is 10.1 Å². The van der Waals surface area contributed by atoms with Gasteiger partial charge in [-0.1, -0.05) is 29.8 Å². The van der Waals surface area contributed by atoms with Crippen LogP contribution >= 0.6 is 22.9 Å². The largest absolute Gasteiger partial charge is 0.468 e. The van der Waals surface area contributed by atoms with Crippen LogP contribution in [-0.2, 0) is 23.9 Å². The first-order valence-electron chi connectivity index (χ1n) is 7.36. The first-order chi connectivity index (χ1) is 12.4. The van der Waals surface area contributed by atoms with E-state index < -0.39 is 36.9 Å². The number of nitrogens with one attached hydrogen (secondary N) is 2. The third-order valence-electron chi connectivity index (χ3n) is 3.16. The minimum Gasteiger partial charge on any atom is -0.468 e. The number of benzene rings is 1. The number of carbonyl (C=O) groups excluding carboxylic acids is 4. The summed E-state index contributed by atoms with van der Waals surface area (Å²) in [5, 5.41) is 5.67. The van der Waals surface area contributed by atoms with Crippen LogP contribution in [0.5, 0.6) is 0 Å². The van der Waals surface area contributed by atoms with Crippen molar-refractivity contribution in [2.75, 3.05) is 26.8 Å². The summed E-state index contributed by atoms with van der Waals surface area (Å²) < 4.78 is 9.90. The van der Waals surface area contributed by atoms with Gasteiger partial charge in [-0.2, -0.15) is 0 Å². The van der Waals surface area contributed by atoms with Crippen LogP contribution in [0.25, 0.3) is 10.1 Å². The summed E-state index contributed by atoms with van der Waals surface area (Å²) in [6.07, 6.45) is 0. The standard InChI is InChI=1S/C16H15ClN2O6S/c1-24-12(21)6-18-11(20)8-25-13(22)7-19-16(23)15-14(17)9-4-2-3-5-10(9)26-15/h2-5H,6-8H2,1H3,(H,18,20)(H,19,23). The summed E-state index contributed by atoms with van der Waals surface area (Å²) >= 11 is 7.39. The van der Waals surface area contributed by atoms with E-state index in [0.29, 0.717) is 5.02 Å². The van der Waals surface area contributed by atoms with Gasteiger partial charge in [0.1, 0.15) is 18.0 Å². The first-order valence-corrected chi connectivity index (χ1v) is 8.56. The van der Waals surface area contributed by atoms with Crippen molar-refractivity contribution in [2.45, 2.75) is 0 Å². The number of carbonyl (C=O) groups is 4. The molecule has 0 fully saturated rings. The molecule has 1 aromatic carbocycles. The Kier molecular flexibility index (Phi) is 6.93. The van der Waals surface area contributed by atoms with Crippen molar-refractivity contribution in [3.8, 4) is 0 Å². The number of thiophene rings is 1. The van der Waals surface area contributed by atoms with Gasteiger partial charge in [-0.25, -0.2) is 0 Å². The molecule has 2 aromatic rings. The zero-order valence-electron chi connectivity index (χ0n) is 13.7. The van der Waals surface area contributed by atoms with Gasteiger partial charge in [0.05, 0.1) is 12.1 Å². The van der Waals surface area contributed by atoms with Gasteiger partial charge in [0.25, 0.3) is 11.8 Å². The molecule has 138 valence electrons. The Labute approximate surface area is 157 Å². The normalized spacial score (nSPS) is 10.2. The molecular formula is C16H15ClN2O6S. The molecule has 2 N–H and O–H groups in total. The quantitative estimate of drug-likeness (QED) is 0.676. The maximum absolute atomic E-state index is 12.2. The van der Waals surface area contributed by atoms with Gasteiger partial charge in [0.2, 0.25) is 0 Å². The Morgan fingerprint density at radius 2 is 1.77 bits per heavy atom. The molecule has 2 rings (SSSR count). The SMILES string of the molecule is COC(=O)CNC(=O)COC(=O)CNC(=O)c1sc2ccccc2c1Cl. The monoisotopic (exact) mass is 398 g/mol. The second kappa shape index (κ2) is 9.16. The predicted octanol–water partition coefficient (Wildman–Crippen LogP) is 1.12. The lowest BCUT2D eigenvalue weighted by Gasteiger charge is -2.06. The lowest BCUT2D eigenvalue weighted by molar-refractivity contribution is -0.148. The molecule has 0 aliphatic carbocycles. The Morgan fingerprint density at radius 3 is 2.46 bits per heavy atom. The highest BCUT2D eigenvalue weighted by atomic mass is 35.5. The van der Waals surface area contributed by atoms with Gasteiger partial charge < -0.3 is 20.1 Å². The zero-order chi connectivity index (χ0) is 19.1. The summed E-state index contributed by atoms with van der Waals surface area (Å²) in [4.78, 5) is 46.3. The molecule has 2 amide bonds. The molecule has 0 unspecified atom stereocenters. The molecule has 10 heteroatoms. The number of rotatable bonds is 7. The van der Waals surface area contributed by atoms with Crippen LogP contribution in [0, 0.1) is 0 Å². The summed E-state index contributed by atoms with van der Waals surface area (Å²) in [5.41, 5.74) is 0. The van der Waals surface area contributed by atoms with E-state index in [2.05, 4.69) is 15.4 Å². The smallest absolute Gasteiger partial charge is 0.325 e. The van der Waals surface area contributed by atoms with Crippen molar-refractivity contribution in [3.63, 3.8) is 0 Å². The fourth-order valence-corrected chi connectivity index (χ4v) is 3.32. The number of methoxy groups -OCH3 is 1. The summed E-state index contributed by atoms with van der Waals surface area (Å²) in [7, 11) is 1.18. The lowest BCUT2D eigenvalue weighted by atomic mass is 10.2. The van der Waals surface area contributed by atoms with Crippen LogP contribution in [-0.4, -0.2) is 50.6 Å². The molecule has 0 bridgehead atoms. The zero-order valence-corrected chi connectivity index (χ0v) is 15.2. The van der Waals surface area contributed by atoms with E-state index in [4.69, 9.17) is 16.3 Å². The van der Waals surface area contributed by atoms with Crippen molar-refractivity contribution in [2.24, 2.45) is 0 Å². The second-order valence-corrected chi connectivity index (χ2v) is 6.37. The molecule has 0 spiro atoms. The Morgan fingerprint density at radius 1 is 1.08 bits per heavy atom. The minimum absolute atomic E-state index is 0.288. The highest BCUT2D eigenvalue weighted by Gasteiger charge is 2.18. The van der Waals surface area contributed by atoms with Crippen molar-refractivity contribution >= 4 is 56.8 Å². The maximum Gasteiger partial charge on any atom is 0.325 e. The Balaban J connectivity index is 1.79. The Hall–Kier alpha value is -2.65. The van der Waals surface area contributed by atoms with Gasteiger partial charge in [0.15, 0.2) is 6.61 Å². The molecular weight excluding hydrogens is 384 g/mol. The number of fused-ring (bicyclic) bond motifs is 1. The fraction of sp³-hybridized carbons (Fsp3) is 0.250. The summed E-state index contributed by atoms with van der Waals surface area (Å²) in [6, 6.07) is 7.28. The topological polar surface area (TPSA) is 111 Å². The van der Waals surface area contributed by atoms with E-state index in [9.17, 15) is 19.2 Å². The highest BCUT2D eigenvalue weighted by Crippen LogP contribution is 2.34. The van der Waals surface area contributed by atoms with Crippen LogP contribution < -0.4 is 10.6 Å². The molecule has 26 heavy (non-hydrogen) atoms. The van der Waals surface area contributed by atoms with Gasteiger partial charge in [0, 0.05) is 10.1 Å². The number of halogens is 1. The van der Waals surface area contributed by atoms with E-state index in [1.807, 2.05) is 18.2 Å². The summed E-state index contributed by atoms with van der Waals surface area (Å²) in [5.74, 6) is -2.60. The maximum atomic E-state index is 12.2. The molecule has 1 aromatic heterocycles. The molecule has 0 aliphatic heterocycles. The van der Waals surface area contributed by atoms with E-state index in [1.54, 1.807) is 6.07 Å². The molecule has 0 radical (unpaired) electrons. The van der Waals surface area contributed by atoms with Crippen LogP contribution in [0.1, 0.15) is 9.67 Å². The van der Waals surface area contributed by atoms with Crippen LogP contribution in [0.4, 0.5) is 0 Å². The molecule has 0 atom stereocenters. The number of hydrogen-bond acceptors (Lipinski definition) is 7. The number of ether oxygens (including phenoxy) is 2. The van der Waals surface area contributed by atoms with Crippen LogP contribution in [0.3, 0.4) is 0 Å². The second-order valence-electron chi connectivity index (χ2n) is 4.94. The fourth-order valence-electron chi connectivity index (χ4n) is 1.88. The first kappa shape index (κ1) is 19.7. The third kappa shape index (κ3) is 5.17. The molecule has 0 saturated heterocycles. The minimum atomic E-state index is -0.802. The van der Waals surface area contributed by atoms with E-state index in [1.165, 1.54) is 18.4 Å². The van der Waals surface area contributed by atoms with Crippen molar-refractivity contribution < 1.29 is 28.7 Å². The van der Waals surface area contributed by atoms with Gasteiger partial charge in [-0.3, -0.25) is 19.2 Å². The summed E-state index contributed by atoms with van der Waals surface area (Å²) in [6.45, 7) is -1.32. The average molecular weight is 399 g/mol. The number of esters is 2. The molecule has 0 saturated carbocycles. The van der Waals surface area contributed by atoms with E-state index >= 15 is 0 Å². The molecule has 8 nitrogen and oxygen atoms in total. The third-order valence-corrected chi connectivity index (χ3v) is 4.83. The van der Waals surface area contributed by atoms with Crippen molar-refractivity contribution in [3.05, 3.63) is 34.2 Å². The molecule has 0 aliphatic rings. The van der Waals surface area contributed by atoms with Crippen LogP contribution in [0.2, 0.25) is 5.02 Å². The van der Waals surface area contributed by atoms with Gasteiger partial charge in [-0.15, -0.1) is 11.3 Å². The van der Waals surface area contributed by atoms with Gasteiger partial charge >= 0.3 is 11.9 Å². The van der Waals surface area contributed by atoms with Crippen LogP contribution in [0.15, 0.2) is 24.3 Å². The average Bonchev–Trinajstić information content (AvgIpc) is 2.99. The number of hydrogen-bond donors (Lipinski definition) is 2. The predicted molar refractivity (Wildman–Crippen MR) is 95.2 cm³/mol. The Bertz CT molecular complexity index is 850. The lowest BCUT2D eigenvalue weighted by Crippen LogP contribution is -2.35.